The Morgan fingerprint density at radius 1 is 0.853 bits per heavy atom. The molecule has 0 bridgehead atoms. The number of amides is 1. The smallest absolute Gasteiger partial charge is 0.303 e. The molecule has 0 heterocycles. The molecule has 2 N–H and O–H groups in total. The Hall–Kier alpha value is -2.47. The van der Waals surface area contributed by atoms with Gasteiger partial charge in [0.1, 0.15) is 5.75 Å². The Labute approximate surface area is 208 Å². The van der Waals surface area contributed by atoms with E-state index in [2.05, 4.69) is 35.6 Å². The van der Waals surface area contributed by atoms with Crippen LogP contribution in [0.1, 0.15) is 76.2 Å². The number of carbonyl (C=O) groups excluding carboxylic acids is 1. The fourth-order valence-electron chi connectivity index (χ4n) is 3.64. The lowest BCUT2D eigenvalue weighted by atomic mass is 10.1. The topological polar surface area (TPSA) is 75.6 Å². The summed E-state index contributed by atoms with van der Waals surface area (Å²) in [7, 11) is 0. The van der Waals surface area contributed by atoms with Crippen LogP contribution in [0.4, 0.5) is 5.69 Å². The van der Waals surface area contributed by atoms with Gasteiger partial charge in [0, 0.05) is 17.7 Å². The molecule has 0 aromatic heterocycles. The number of hydrogen-bond donors (Lipinski definition) is 2. The highest BCUT2D eigenvalue weighted by Gasteiger charge is 2.09. The number of hydrogen-bond acceptors (Lipinski definition) is 4. The number of anilines is 1. The van der Waals surface area contributed by atoms with Gasteiger partial charge in [-0.3, -0.25) is 9.59 Å². The minimum absolute atomic E-state index is 0.00287. The molecule has 34 heavy (non-hydrogen) atoms. The molecule has 0 radical (unpaired) electrons. The molecule has 0 saturated carbocycles. The first-order valence-corrected chi connectivity index (χ1v) is 13.5. The average Bonchev–Trinajstić information content (AvgIpc) is 2.82. The molecule has 1 amide bonds. The van der Waals surface area contributed by atoms with Gasteiger partial charge in [0.25, 0.3) is 0 Å². The third kappa shape index (κ3) is 12.7. The lowest BCUT2D eigenvalue weighted by molar-refractivity contribution is -0.137. The lowest BCUT2D eigenvalue weighted by Crippen LogP contribution is -2.13. The molecular weight excluding hydrogens is 446 g/mol. The molecule has 0 aliphatic heterocycles. The van der Waals surface area contributed by atoms with Crippen LogP contribution in [-0.4, -0.2) is 29.3 Å². The Morgan fingerprint density at radius 3 is 2.24 bits per heavy atom. The summed E-state index contributed by atoms with van der Waals surface area (Å²) in [5, 5.41) is 11.7. The predicted molar refractivity (Wildman–Crippen MR) is 141 cm³/mol. The number of thioether (sulfide) groups is 1. The van der Waals surface area contributed by atoms with Crippen LogP contribution in [0.2, 0.25) is 0 Å². The summed E-state index contributed by atoms with van der Waals surface area (Å²) in [5.74, 6) is 0.942. The number of aryl methyl sites for hydroxylation is 1. The molecule has 0 aliphatic rings. The number of rotatable bonds is 18. The van der Waals surface area contributed by atoms with E-state index >= 15 is 0 Å². The summed E-state index contributed by atoms with van der Waals surface area (Å²) in [6.45, 7) is 2.27. The Kier molecular flexibility index (Phi) is 13.9. The van der Waals surface area contributed by atoms with Gasteiger partial charge < -0.3 is 15.2 Å². The van der Waals surface area contributed by atoms with E-state index < -0.39 is 5.97 Å². The van der Waals surface area contributed by atoms with Crippen molar-refractivity contribution in [2.75, 3.05) is 17.7 Å². The first-order chi connectivity index (χ1) is 16.5. The highest BCUT2D eigenvalue weighted by molar-refractivity contribution is 7.99. The summed E-state index contributed by atoms with van der Waals surface area (Å²) in [6, 6.07) is 16.2. The Balaban J connectivity index is 1.51. The number of carboxylic acids is 1. The third-order valence-electron chi connectivity index (χ3n) is 5.51. The van der Waals surface area contributed by atoms with E-state index in [1.807, 2.05) is 36.9 Å². The number of carboxylic acid groups (broad SMARTS) is 1. The summed E-state index contributed by atoms with van der Waals surface area (Å²) in [6.07, 6.45) is 10.5. The maximum absolute atomic E-state index is 12.4. The van der Waals surface area contributed by atoms with E-state index in [0.29, 0.717) is 30.9 Å². The molecule has 0 atom stereocenters. The van der Waals surface area contributed by atoms with Crippen LogP contribution >= 0.6 is 11.8 Å². The van der Waals surface area contributed by atoms with Gasteiger partial charge in [-0.2, -0.15) is 0 Å². The van der Waals surface area contributed by atoms with Crippen molar-refractivity contribution in [2.24, 2.45) is 0 Å². The second-order valence-electron chi connectivity index (χ2n) is 8.63. The Bertz CT molecular complexity index is 857. The molecule has 0 fully saturated rings. The normalized spacial score (nSPS) is 10.7. The van der Waals surface area contributed by atoms with Crippen molar-refractivity contribution in [2.45, 2.75) is 82.4 Å². The minimum Gasteiger partial charge on any atom is -0.491 e. The lowest BCUT2D eigenvalue weighted by Gasteiger charge is -2.13. The second-order valence-corrected chi connectivity index (χ2v) is 9.80. The van der Waals surface area contributed by atoms with E-state index in [1.165, 1.54) is 49.2 Å². The highest BCUT2D eigenvalue weighted by Crippen LogP contribution is 2.26. The van der Waals surface area contributed by atoms with Crippen LogP contribution in [-0.2, 0) is 9.59 Å². The van der Waals surface area contributed by atoms with Crippen molar-refractivity contribution < 1.29 is 19.4 Å². The Morgan fingerprint density at radius 2 is 1.53 bits per heavy atom. The molecular formula is C28H39NO4S. The zero-order valence-corrected chi connectivity index (χ0v) is 21.2. The van der Waals surface area contributed by atoms with E-state index in [0.717, 1.165) is 18.4 Å². The fraction of sp³-hybridized carbons (Fsp3) is 0.500. The summed E-state index contributed by atoms with van der Waals surface area (Å²) < 4.78 is 5.69. The molecule has 2 aromatic rings. The number of ether oxygens (including phenoxy) is 1. The summed E-state index contributed by atoms with van der Waals surface area (Å²) >= 11 is 1.94. The summed E-state index contributed by atoms with van der Waals surface area (Å²) in [5.41, 5.74) is 1.69. The van der Waals surface area contributed by atoms with Crippen LogP contribution in [0.3, 0.4) is 0 Å². The fourth-order valence-corrected chi connectivity index (χ4v) is 4.57. The van der Waals surface area contributed by atoms with Crippen molar-refractivity contribution >= 4 is 29.3 Å². The molecule has 0 unspecified atom stereocenters. The standard InChI is InChI=1S/C28H39NO4S/c1-23-18-19-26(33-20-13-17-28(31)32)25(22-23)29-27(30)16-11-6-4-2-3-5-7-12-21-34-24-14-9-8-10-15-24/h8-10,14-15,18-19,22H,2-7,11-13,16-17,20-21H2,1H3,(H,29,30)(H,31,32). The van der Waals surface area contributed by atoms with Crippen LogP contribution in [0, 0.1) is 6.92 Å². The van der Waals surface area contributed by atoms with Crippen molar-refractivity contribution in [1.82, 2.24) is 0 Å². The van der Waals surface area contributed by atoms with Gasteiger partial charge in [-0.05, 0) is 61.8 Å². The molecule has 6 heteroatoms. The zero-order valence-electron chi connectivity index (χ0n) is 20.4. The largest absolute Gasteiger partial charge is 0.491 e. The van der Waals surface area contributed by atoms with E-state index in [-0.39, 0.29) is 12.3 Å². The number of nitrogens with one attached hydrogen (secondary N) is 1. The van der Waals surface area contributed by atoms with E-state index in [9.17, 15) is 9.59 Å². The van der Waals surface area contributed by atoms with Crippen molar-refractivity contribution in [3.63, 3.8) is 0 Å². The SMILES string of the molecule is Cc1ccc(OCCCC(=O)O)c(NC(=O)CCCCCCCCCCSc2ccccc2)c1. The van der Waals surface area contributed by atoms with Crippen LogP contribution < -0.4 is 10.1 Å². The van der Waals surface area contributed by atoms with Gasteiger partial charge in [-0.25, -0.2) is 0 Å². The monoisotopic (exact) mass is 485 g/mol. The van der Waals surface area contributed by atoms with Crippen molar-refractivity contribution in [1.29, 1.82) is 0 Å². The molecule has 0 aliphatic carbocycles. The molecule has 0 saturated heterocycles. The number of aliphatic carboxylic acids is 1. The van der Waals surface area contributed by atoms with Crippen LogP contribution in [0.25, 0.3) is 0 Å². The maximum Gasteiger partial charge on any atom is 0.303 e. The molecule has 0 spiro atoms. The second kappa shape index (κ2) is 17.0. The van der Waals surface area contributed by atoms with Crippen molar-refractivity contribution in [3.8, 4) is 5.75 Å². The first kappa shape index (κ1) is 27.8. The molecule has 2 aromatic carbocycles. The average molecular weight is 486 g/mol. The number of unbranched alkanes of at least 4 members (excludes halogenated alkanes) is 7. The van der Waals surface area contributed by atoms with Gasteiger partial charge in [-0.1, -0.05) is 62.8 Å². The highest BCUT2D eigenvalue weighted by atomic mass is 32.2. The number of benzene rings is 2. The van der Waals surface area contributed by atoms with Crippen molar-refractivity contribution in [3.05, 3.63) is 54.1 Å². The molecule has 5 nitrogen and oxygen atoms in total. The zero-order chi connectivity index (χ0) is 24.4. The molecule has 2 rings (SSSR count). The van der Waals surface area contributed by atoms with Gasteiger partial charge >= 0.3 is 5.97 Å². The predicted octanol–water partition coefficient (Wildman–Crippen LogP) is 7.48. The summed E-state index contributed by atoms with van der Waals surface area (Å²) in [4.78, 5) is 24.4. The quantitative estimate of drug-likeness (QED) is 0.169. The molecule has 186 valence electrons. The number of carbonyl (C=O) groups is 2. The maximum atomic E-state index is 12.4. The van der Waals surface area contributed by atoms with Gasteiger partial charge in [0.05, 0.1) is 12.3 Å². The van der Waals surface area contributed by atoms with Gasteiger partial charge in [-0.15, -0.1) is 11.8 Å². The van der Waals surface area contributed by atoms with Crippen LogP contribution in [0.5, 0.6) is 5.75 Å². The first-order valence-electron chi connectivity index (χ1n) is 12.5. The van der Waals surface area contributed by atoms with E-state index in [1.54, 1.807) is 0 Å². The van der Waals surface area contributed by atoms with E-state index in [4.69, 9.17) is 9.84 Å². The van der Waals surface area contributed by atoms with Gasteiger partial charge in [0.2, 0.25) is 5.91 Å². The van der Waals surface area contributed by atoms with Gasteiger partial charge in [0.15, 0.2) is 0 Å². The third-order valence-corrected chi connectivity index (χ3v) is 6.61. The van der Waals surface area contributed by atoms with Crippen LogP contribution in [0.15, 0.2) is 53.4 Å². The minimum atomic E-state index is -0.834.